The van der Waals surface area contributed by atoms with Gasteiger partial charge in [0.05, 0.1) is 5.56 Å². The molecule has 0 unspecified atom stereocenters. The van der Waals surface area contributed by atoms with Gasteiger partial charge >= 0.3 is 0 Å². The summed E-state index contributed by atoms with van der Waals surface area (Å²) in [5, 5.41) is 4.27. The Bertz CT molecular complexity index is 996. The Morgan fingerprint density at radius 3 is 2.73 bits per heavy atom. The number of amides is 1. The molecule has 3 aromatic rings. The lowest BCUT2D eigenvalue weighted by Crippen LogP contribution is -2.38. The van der Waals surface area contributed by atoms with Crippen molar-refractivity contribution in [2.45, 2.75) is 37.8 Å². The third kappa shape index (κ3) is 3.14. The van der Waals surface area contributed by atoms with Crippen molar-refractivity contribution in [3.63, 3.8) is 0 Å². The number of carbonyl (C=O) groups is 1. The summed E-state index contributed by atoms with van der Waals surface area (Å²) in [5.74, 6) is -0.114. The fourth-order valence-corrected chi connectivity index (χ4v) is 3.78. The number of hydrogen-bond donors (Lipinski definition) is 1. The van der Waals surface area contributed by atoms with Crippen molar-refractivity contribution < 1.29 is 4.79 Å². The zero-order valence-corrected chi connectivity index (χ0v) is 14.8. The van der Waals surface area contributed by atoms with Crippen molar-refractivity contribution in [1.29, 1.82) is 0 Å². The van der Waals surface area contributed by atoms with Gasteiger partial charge in [-0.3, -0.25) is 9.59 Å². The summed E-state index contributed by atoms with van der Waals surface area (Å²) in [6.45, 7) is 0. The zero-order valence-electron chi connectivity index (χ0n) is 14.8. The van der Waals surface area contributed by atoms with Gasteiger partial charge in [0.2, 0.25) is 5.56 Å². The molecule has 1 aliphatic rings. The summed E-state index contributed by atoms with van der Waals surface area (Å²) in [5.41, 5.74) is 1.44. The second-order valence-electron chi connectivity index (χ2n) is 6.99. The lowest BCUT2D eigenvalue weighted by molar-refractivity contribution is 0.0922. The maximum absolute atomic E-state index is 12.4. The van der Waals surface area contributed by atoms with Gasteiger partial charge in [0.25, 0.3) is 5.91 Å². The maximum atomic E-state index is 12.4. The molecule has 1 aliphatic carbocycles. The van der Waals surface area contributed by atoms with Crippen molar-refractivity contribution in [3.8, 4) is 0 Å². The summed E-state index contributed by atoms with van der Waals surface area (Å²) in [7, 11) is 1.65. The number of fused-ring (bicyclic) bond motifs is 1. The van der Waals surface area contributed by atoms with Crippen molar-refractivity contribution in [1.82, 2.24) is 19.4 Å². The van der Waals surface area contributed by atoms with Gasteiger partial charge in [-0.25, -0.2) is 4.98 Å². The maximum Gasteiger partial charge on any atom is 0.252 e. The quantitative estimate of drug-likeness (QED) is 0.789. The molecule has 3 heterocycles. The molecule has 134 valence electrons. The number of aromatic nitrogens is 3. The number of carbonyl (C=O) groups excluding carboxylic acids is 1. The van der Waals surface area contributed by atoms with E-state index in [1.807, 2.05) is 12.3 Å². The summed E-state index contributed by atoms with van der Waals surface area (Å²) in [6, 6.07) is 9.75. The molecule has 6 nitrogen and oxygen atoms in total. The first-order valence-electron chi connectivity index (χ1n) is 9.01. The largest absolute Gasteiger partial charge is 0.349 e. The van der Waals surface area contributed by atoms with Crippen molar-refractivity contribution in [3.05, 3.63) is 64.8 Å². The Morgan fingerprint density at radius 1 is 1.15 bits per heavy atom. The monoisotopic (exact) mass is 350 g/mol. The average molecular weight is 350 g/mol. The Balaban J connectivity index is 1.40. The predicted octanol–water partition coefficient (Wildman–Crippen LogP) is 2.65. The molecule has 26 heavy (non-hydrogen) atoms. The fourth-order valence-electron chi connectivity index (χ4n) is 3.78. The van der Waals surface area contributed by atoms with Crippen LogP contribution >= 0.6 is 0 Å². The Labute approximate surface area is 151 Å². The third-order valence-corrected chi connectivity index (χ3v) is 5.25. The molecule has 0 radical (unpaired) electrons. The van der Waals surface area contributed by atoms with E-state index in [4.69, 9.17) is 0 Å². The second-order valence-corrected chi connectivity index (χ2v) is 6.99. The van der Waals surface area contributed by atoms with Gasteiger partial charge in [-0.2, -0.15) is 0 Å². The van der Waals surface area contributed by atoms with Crippen molar-refractivity contribution in [2.75, 3.05) is 0 Å². The second kappa shape index (κ2) is 6.78. The van der Waals surface area contributed by atoms with Crippen LogP contribution in [0.5, 0.6) is 0 Å². The van der Waals surface area contributed by atoms with Crippen LogP contribution in [0.25, 0.3) is 11.0 Å². The third-order valence-electron chi connectivity index (χ3n) is 5.25. The van der Waals surface area contributed by atoms with E-state index in [0.29, 0.717) is 11.6 Å². The number of hydrogen-bond acceptors (Lipinski definition) is 3. The molecule has 0 spiro atoms. The minimum Gasteiger partial charge on any atom is -0.349 e. The standard InChI is InChI=1S/C20H22N4O2/c1-23-13-15(4-9-18(23)25)20(26)22-16-5-7-17(8-6-16)24-12-10-14-3-2-11-21-19(14)24/h2-4,9-13,16-17H,5-8H2,1H3,(H,22,26). The van der Waals surface area contributed by atoms with E-state index in [2.05, 4.69) is 33.2 Å². The van der Waals surface area contributed by atoms with E-state index in [-0.39, 0.29) is 17.5 Å². The smallest absolute Gasteiger partial charge is 0.252 e. The summed E-state index contributed by atoms with van der Waals surface area (Å²) in [6.07, 6.45) is 9.44. The topological polar surface area (TPSA) is 68.9 Å². The molecule has 0 saturated heterocycles. The van der Waals surface area contributed by atoms with Crippen LogP contribution in [-0.4, -0.2) is 26.1 Å². The molecular formula is C20H22N4O2. The molecule has 6 heteroatoms. The van der Waals surface area contributed by atoms with Gasteiger partial charge in [0.15, 0.2) is 0 Å². The molecular weight excluding hydrogens is 328 g/mol. The van der Waals surface area contributed by atoms with Gasteiger partial charge in [-0.15, -0.1) is 0 Å². The van der Waals surface area contributed by atoms with Crippen LogP contribution in [0.4, 0.5) is 0 Å². The van der Waals surface area contributed by atoms with Gasteiger partial charge in [-0.05, 0) is 49.9 Å². The van der Waals surface area contributed by atoms with Crippen LogP contribution in [0, 0.1) is 0 Å². The first-order valence-corrected chi connectivity index (χ1v) is 9.01. The van der Waals surface area contributed by atoms with E-state index < -0.39 is 0 Å². The number of nitrogens with one attached hydrogen (secondary N) is 1. The summed E-state index contributed by atoms with van der Waals surface area (Å²) < 4.78 is 3.69. The molecule has 3 aromatic heterocycles. The van der Waals surface area contributed by atoms with Crippen LogP contribution in [0.3, 0.4) is 0 Å². The SMILES string of the molecule is Cn1cc(C(=O)NC2CCC(n3ccc4cccnc43)CC2)ccc1=O. The van der Waals surface area contributed by atoms with Crippen molar-refractivity contribution >= 4 is 16.9 Å². The van der Waals surface area contributed by atoms with E-state index in [9.17, 15) is 9.59 Å². The van der Waals surface area contributed by atoms with Crippen LogP contribution in [0.2, 0.25) is 0 Å². The number of rotatable bonds is 3. The molecule has 1 N–H and O–H groups in total. The minimum absolute atomic E-state index is 0.114. The van der Waals surface area contributed by atoms with Gasteiger partial charge in [0, 0.05) is 49.2 Å². The lowest BCUT2D eigenvalue weighted by Gasteiger charge is -2.30. The van der Waals surface area contributed by atoms with E-state index in [1.54, 1.807) is 19.3 Å². The minimum atomic E-state index is -0.116. The molecule has 1 fully saturated rings. The number of aryl methyl sites for hydroxylation is 1. The van der Waals surface area contributed by atoms with Crippen LogP contribution in [-0.2, 0) is 7.05 Å². The first kappa shape index (κ1) is 16.6. The van der Waals surface area contributed by atoms with Gasteiger partial charge in [0.1, 0.15) is 5.65 Å². The Morgan fingerprint density at radius 2 is 1.96 bits per heavy atom. The molecule has 0 bridgehead atoms. The summed E-state index contributed by atoms with van der Waals surface area (Å²) in [4.78, 5) is 28.4. The van der Waals surface area contributed by atoms with Crippen LogP contribution in [0.1, 0.15) is 42.1 Å². The Kier molecular flexibility index (Phi) is 4.32. The van der Waals surface area contributed by atoms with E-state index in [1.165, 1.54) is 10.6 Å². The fraction of sp³-hybridized carbons (Fsp3) is 0.350. The van der Waals surface area contributed by atoms with E-state index >= 15 is 0 Å². The Hall–Kier alpha value is -2.89. The predicted molar refractivity (Wildman–Crippen MR) is 100 cm³/mol. The van der Waals surface area contributed by atoms with Crippen molar-refractivity contribution in [2.24, 2.45) is 7.05 Å². The molecule has 4 rings (SSSR count). The highest BCUT2D eigenvalue weighted by Crippen LogP contribution is 2.31. The lowest BCUT2D eigenvalue weighted by atomic mass is 9.91. The number of pyridine rings is 2. The molecule has 0 aliphatic heterocycles. The molecule has 1 amide bonds. The molecule has 0 atom stereocenters. The highest BCUT2D eigenvalue weighted by atomic mass is 16.2. The van der Waals surface area contributed by atoms with Gasteiger partial charge in [-0.1, -0.05) is 0 Å². The average Bonchev–Trinajstić information content (AvgIpc) is 3.09. The number of nitrogens with zero attached hydrogens (tertiary/aromatic N) is 3. The van der Waals surface area contributed by atoms with Crippen LogP contribution < -0.4 is 10.9 Å². The molecule has 1 saturated carbocycles. The van der Waals surface area contributed by atoms with E-state index in [0.717, 1.165) is 36.7 Å². The van der Waals surface area contributed by atoms with Gasteiger partial charge < -0.3 is 14.5 Å². The zero-order chi connectivity index (χ0) is 18.1. The highest BCUT2D eigenvalue weighted by molar-refractivity contribution is 5.94. The molecule has 0 aromatic carbocycles. The normalized spacial score (nSPS) is 20.2. The first-order chi connectivity index (χ1) is 12.6. The van der Waals surface area contributed by atoms with Crippen LogP contribution in [0.15, 0.2) is 53.7 Å². The highest BCUT2D eigenvalue weighted by Gasteiger charge is 2.24. The summed E-state index contributed by atoms with van der Waals surface area (Å²) >= 11 is 0.